The smallest absolute Gasteiger partial charge is 0.0682 e. The first-order chi connectivity index (χ1) is 8.84. The number of aliphatic hydroxyl groups excluding tert-OH is 1. The molecule has 2 unspecified atom stereocenters. The summed E-state index contributed by atoms with van der Waals surface area (Å²) in [6.07, 6.45) is 4.42. The Morgan fingerprint density at radius 1 is 1.32 bits per heavy atom. The summed E-state index contributed by atoms with van der Waals surface area (Å²) in [7, 11) is 4.21. The first-order valence-corrected chi connectivity index (χ1v) is 7.61. The van der Waals surface area contributed by atoms with Gasteiger partial charge in [-0.25, -0.2) is 0 Å². The third kappa shape index (κ3) is 6.21. The van der Waals surface area contributed by atoms with Gasteiger partial charge in [0.1, 0.15) is 0 Å². The lowest BCUT2D eigenvalue weighted by atomic mass is 9.87. The molecular weight excluding hydrogens is 238 g/mol. The van der Waals surface area contributed by atoms with Crippen LogP contribution < -0.4 is 5.73 Å². The normalized spacial score (nSPS) is 25.4. The minimum absolute atomic E-state index is 0.134. The molecule has 0 saturated carbocycles. The van der Waals surface area contributed by atoms with E-state index in [-0.39, 0.29) is 11.5 Å². The molecule has 1 heterocycles. The first kappa shape index (κ1) is 16.9. The van der Waals surface area contributed by atoms with Crippen molar-refractivity contribution in [1.82, 2.24) is 9.80 Å². The molecule has 0 amide bonds. The number of nitrogens with zero attached hydrogens (tertiary/aromatic N) is 2. The van der Waals surface area contributed by atoms with E-state index in [4.69, 9.17) is 5.73 Å². The molecule has 19 heavy (non-hydrogen) atoms. The van der Waals surface area contributed by atoms with E-state index < -0.39 is 0 Å². The van der Waals surface area contributed by atoms with Gasteiger partial charge in [-0.1, -0.05) is 20.3 Å². The van der Waals surface area contributed by atoms with Gasteiger partial charge < -0.3 is 15.7 Å². The van der Waals surface area contributed by atoms with Gasteiger partial charge in [-0.2, -0.15) is 0 Å². The molecule has 3 N–H and O–H groups in total. The Morgan fingerprint density at radius 2 is 2.00 bits per heavy atom. The number of rotatable bonds is 8. The van der Waals surface area contributed by atoms with E-state index in [9.17, 15) is 5.11 Å². The van der Waals surface area contributed by atoms with E-state index in [0.29, 0.717) is 6.04 Å². The zero-order valence-corrected chi connectivity index (χ0v) is 13.2. The van der Waals surface area contributed by atoms with Crippen molar-refractivity contribution in [2.45, 2.75) is 51.7 Å². The maximum atomic E-state index is 9.83. The van der Waals surface area contributed by atoms with Crippen LogP contribution >= 0.6 is 0 Å². The Morgan fingerprint density at radius 3 is 2.58 bits per heavy atom. The Kier molecular flexibility index (Phi) is 6.74. The van der Waals surface area contributed by atoms with Gasteiger partial charge in [-0.15, -0.1) is 0 Å². The van der Waals surface area contributed by atoms with Gasteiger partial charge in [0.15, 0.2) is 0 Å². The van der Waals surface area contributed by atoms with E-state index in [1.54, 1.807) is 0 Å². The Labute approximate surface area is 118 Å². The lowest BCUT2D eigenvalue weighted by Crippen LogP contribution is -2.38. The molecule has 0 bridgehead atoms. The molecule has 1 rings (SSSR count). The molecule has 2 atom stereocenters. The van der Waals surface area contributed by atoms with E-state index in [2.05, 4.69) is 37.7 Å². The molecule has 0 radical (unpaired) electrons. The van der Waals surface area contributed by atoms with E-state index >= 15 is 0 Å². The van der Waals surface area contributed by atoms with Crippen molar-refractivity contribution in [3.05, 3.63) is 0 Å². The van der Waals surface area contributed by atoms with Crippen LogP contribution in [0.2, 0.25) is 0 Å². The minimum atomic E-state index is -0.134. The topological polar surface area (TPSA) is 52.7 Å². The van der Waals surface area contributed by atoms with Crippen molar-refractivity contribution >= 4 is 0 Å². The van der Waals surface area contributed by atoms with Gasteiger partial charge in [-0.05, 0) is 51.9 Å². The summed E-state index contributed by atoms with van der Waals surface area (Å²) in [4.78, 5) is 4.67. The molecule has 0 aromatic heterocycles. The molecule has 1 saturated heterocycles. The summed E-state index contributed by atoms with van der Waals surface area (Å²) in [5.74, 6) is 0. The summed E-state index contributed by atoms with van der Waals surface area (Å²) >= 11 is 0. The monoisotopic (exact) mass is 271 g/mol. The molecule has 1 aliphatic rings. The van der Waals surface area contributed by atoms with Crippen LogP contribution in [0.5, 0.6) is 0 Å². The number of likely N-dealkylation sites (tertiary alicyclic amines) is 1. The van der Waals surface area contributed by atoms with E-state index in [0.717, 1.165) is 32.6 Å². The van der Waals surface area contributed by atoms with Crippen LogP contribution in [0, 0.1) is 5.41 Å². The van der Waals surface area contributed by atoms with Gasteiger partial charge in [-0.3, -0.25) is 4.90 Å². The second-order valence-corrected chi connectivity index (χ2v) is 7.13. The highest BCUT2D eigenvalue weighted by Crippen LogP contribution is 2.23. The minimum Gasteiger partial charge on any atom is -0.392 e. The quantitative estimate of drug-likeness (QED) is 0.650. The van der Waals surface area contributed by atoms with Crippen molar-refractivity contribution in [3.8, 4) is 0 Å². The fraction of sp³-hybridized carbons (Fsp3) is 1.00. The lowest BCUT2D eigenvalue weighted by Gasteiger charge is -2.27. The van der Waals surface area contributed by atoms with Crippen molar-refractivity contribution in [3.63, 3.8) is 0 Å². The molecule has 4 heteroatoms. The molecule has 0 aromatic carbocycles. The van der Waals surface area contributed by atoms with Crippen molar-refractivity contribution < 1.29 is 5.11 Å². The number of hydrogen-bond acceptors (Lipinski definition) is 4. The lowest BCUT2D eigenvalue weighted by molar-refractivity contribution is 0.170. The molecule has 1 fully saturated rings. The molecule has 0 aliphatic carbocycles. The van der Waals surface area contributed by atoms with Crippen molar-refractivity contribution in [2.75, 3.05) is 40.3 Å². The largest absolute Gasteiger partial charge is 0.392 e. The number of likely N-dealkylation sites (N-methyl/N-ethyl adjacent to an activating group) is 1. The number of aliphatic hydroxyl groups is 1. The van der Waals surface area contributed by atoms with Crippen molar-refractivity contribution in [1.29, 1.82) is 0 Å². The van der Waals surface area contributed by atoms with Gasteiger partial charge in [0.05, 0.1) is 6.10 Å². The average molecular weight is 271 g/mol. The Bertz CT molecular complexity index is 256. The van der Waals surface area contributed by atoms with Crippen LogP contribution in [0.15, 0.2) is 0 Å². The van der Waals surface area contributed by atoms with Crippen LogP contribution in [0.4, 0.5) is 0 Å². The maximum absolute atomic E-state index is 9.83. The SMILES string of the molecule is CN(C)CC1CC(O)CN1CCCCC(C)(C)CN. The van der Waals surface area contributed by atoms with Crippen LogP contribution in [0.25, 0.3) is 0 Å². The van der Waals surface area contributed by atoms with Gasteiger partial charge >= 0.3 is 0 Å². The van der Waals surface area contributed by atoms with Crippen molar-refractivity contribution in [2.24, 2.45) is 11.1 Å². The standard InChI is InChI=1S/C15H33N3O/c1-15(2,12-16)7-5-6-8-18-11-14(19)9-13(18)10-17(3)4/h13-14,19H,5-12,16H2,1-4H3. The van der Waals surface area contributed by atoms with Gasteiger partial charge in [0, 0.05) is 19.1 Å². The zero-order valence-electron chi connectivity index (χ0n) is 13.2. The van der Waals surface area contributed by atoms with Crippen LogP contribution in [-0.2, 0) is 0 Å². The number of β-amino-alcohol motifs (C(OH)–C–C–N with tert-alkyl or cyclic N) is 1. The molecule has 0 spiro atoms. The molecule has 114 valence electrons. The highest BCUT2D eigenvalue weighted by Gasteiger charge is 2.30. The Balaban J connectivity index is 2.27. The van der Waals surface area contributed by atoms with E-state index in [1.807, 2.05) is 0 Å². The highest BCUT2D eigenvalue weighted by molar-refractivity contribution is 4.86. The number of unbranched alkanes of at least 4 members (excludes halogenated alkanes) is 1. The van der Waals surface area contributed by atoms with Crippen LogP contribution in [0.1, 0.15) is 39.5 Å². The predicted octanol–water partition coefficient (Wildman–Crippen LogP) is 1.14. The number of hydrogen-bond donors (Lipinski definition) is 2. The molecule has 4 nitrogen and oxygen atoms in total. The molecule has 0 aromatic rings. The predicted molar refractivity (Wildman–Crippen MR) is 81.2 cm³/mol. The third-order valence-corrected chi connectivity index (χ3v) is 4.18. The first-order valence-electron chi connectivity index (χ1n) is 7.61. The van der Waals surface area contributed by atoms with Gasteiger partial charge in [0.25, 0.3) is 0 Å². The van der Waals surface area contributed by atoms with E-state index in [1.165, 1.54) is 19.3 Å². The fourth-order valence-electron chi connectivity index (χ4n) is 2.86. The fourth-order valence-corrected chi connectivity index (χ4v) is 2.86. The van der Waals surface area contributed by atoms with Crippen LogP contribution in [-0.4, -0.2) is 67.3 Å². The van der Waals surface area contributed by atoms with Crippen LogP contribution in [0.3, 0.4) is 0 Å². The second kappa shape index (κ2) is 7.58. The zero-order chi connectivity index (χ0) is 14.5. The number of nitrogens with two attached hydrogens (primary N) is 1. The summed E-state index contributed by atoms with van der Waals surface area (Å²) in [6.45, 7) is 8.24. The molecule has 1 aliphatic heterocycles. The average Bonchev–Trinajstić information content (AvgIpc) is 2.64. The highest BCUT2D eigenvalue weighted by atomic mass is 16.3. The summed E-state index contributed by atoms with van der Waals surface area (Å²) in [5.41, 5.74) is 6.03. The summed E-state index contributed by atoms with van der Waals surface area (Å²) in [6, 6.07) is 0.521. The second-order valence-electron chi connectivity index (χ2n) is 7.13. The molecular formula is C15H33N3O. The maximum Gasteiger partial charge on any atom is 0.0682 e. The Hall–Kier alpha value is -0.160. The third-order valence-electron chi connectivity index (χ3n) is 4.18. The summed E-state index contributed by atoms with van der Waals surface area (Å²) < 4.78 is 0. The summed E-state index contributed by atoms with van der Waals surface area (Å²) in [5, 5.41) is 9.83. The van der Waals surface area contributed by atoms with Gasteiger partial charge in [0.2, 0.25) is 0 Å².